The standard InChI is InChI=1S/C11H21ClN2O3S/c12-4-2-6-18(15,16)13-7-11-8-14-5-1-3-10(14)9-17-11/h10-11,13H,1-9H2. The topological polar surface area (TPSA) is 58.6 Å². The third kappa shape index (κ3) is 4.06. The van der Waals surface area contributed by atoms with Gasteiger partial charge in [-0.15, -0.1) is 11.6 Å². The summed E-state index contributed by atoms with van der Waals surface area (Å²) >= 11 is 5.49. The van der Waals surface area contributed by atoms with Crippen molar-refractivity contribution in [3.05, 3.63) is 0 Å². The fourth-order valence-electron chi connectivity index (χ4n) is 2.55. The predicted molar refractivity (Wildman–Crippen MR) is 71.5 cm³/mol. The van der Waals surface area contributed by atoms with E-state index in [-0.39, 0.29) is 11.9 Å². The van der Waals surface area contributed by atoms with E-state index in [2.05, 4.69) is 9.62 Å². The number of hydrogen-bond acceptors (Lipinski definition) is 4. The highest BCUT2D eigenvalue weighted by molar-refractivity contribution is 7.89. The number of nitrogens with zero attached hydrogens (tertiary/aromatic N) is 1. The molecule has 2 rings (SSSR count). The molecule has 2 unspecified atom stereocenters. The van der Waals surface area contributed by atoms with Gasteiger partial charge in [-0.05, 0) is 25.8 Å². The minimum atomic E-state index is -3.20. The van der Waals surface area contributed by atoms with Crippen LogP contribution in [-0.4, -0.2) is 63.3 Å². The van der Waals surface area contributed by atoms with E-state index in [1.807, 2.05) is 0 Å². The van der Waals surface area contributed by atoms with Gasteiger partial charge in [-0.1, -0.05) is 0 Å². The predicted octanol–water partition coefficient (Wildman–Crippen LogP) is 0.398. The molecule has 2 fully saturated rings. The second-order valence-electron chi connectivity index (χ2n) is 4.96. The summed E-state index contributed by atoms with van der Waals surface area (Å²) in [6.45, 7) is 3.05. The Labute approximate surface area is 114 Å². The van der Waals surface area contributed by atoms with Crippen molar-refractivity contribution in [2.75, 3.05) is 37.9 Å². The number of fused-ring (bicyclic) bond motifs is 1. The number of halogens is 1. The molecule has 0 spiro atoms. The van der Waals surface area contributed by atoms with Gasteiger partial charge < -0.3 is 4.74 Å². The molecule has 0 aromatic carbocycles. The van der Waals surface area contributed by atoms with E-state index in [9.17, 15) is 8.42 Å². The molecule has 2 heterocycles. The zero-order valence-corrected chi connectivity index (χ0v) is 12.0. The molecule has 0 saturated carbocycles. The zero-order valence-electron chi connectivity index (χ0n) is 10.5. The molecule has 5 nitrogen and oxygen atoms in total. The van der Waals surface area contributed by atoms with Crippen molar-refractivity contribution in [3.63, 3.8) is 0 Å². The maximum Gasteiger partial charge on any atom is 0.211 e. The molecule has 0 aromatic heterocycles. The maximum atomic E-state index is 11.6. The summed E-state index contributed by atoms with van der Waals surface area (Å²) in [5, 5.41) is 0. The molecule has 2 atom stereocenters. The average molecular weight is 297 g/mol. The van der Waals surface area contributed by atoms with Crippen LogP contribution in [0.15, 0.2) is 0 Å². The Balaban J connectivity index is 1.73. The fraction of sp³-hybridized carbons (Fsp3) is 1.00. The van der Waals surface area contributed by atoms with E-state index in [0.717, 1.165) is 19.7 Å². The van der Waals surface area contributed by atoms with Crippen LogP contribution >= 0.6 is 11.6 Å². The van der Waals surface area contributed by atoms with Crippen LogP contribution in [0, 0.1) is 0 Å². The summed E-state index contributed by atoms with van der Waals surface area (Å²) < 4.78 is 31.5. The zero-order chi connectivity index (χ0) is 13.0. The highest BCUT2D eigenvalue weighted by Gasteiger charge is 2.32. The van der Waals surface area contributed by atoms with Gasteiger partial charge in [0.1, 0.15) is 0 Å². The van der Waals surface area contributed by atoms with Crippen LogP contribution < -0.4 is 4.72 Å². The van der Waals surface area contributed by atoms with Crippen molar-refractivity contribution >= 4 is 21.6 Å². The van der Waals surface area contributed by atoms with Gasteiger partial charge in [-0.2, -0.15) is 0 Å². The summed E-state index contributed by atoms with van der Waals surface area (Å²) in [5.74, 6) is 0.464. The fourth-order valence-corrected chi connectivity index (χ4v) is 3.95. The van der Waals surface area contributed by atoms with E-state index >= 15 is 0 Å². The van der Waals surface area contributed by atoms with Crippen molar-refractivity contribution in [1.29, 1.82) is 0 Å². The van der Waals surface area contributed by atoms with E-state index in [1.54, 1.807) is 0 Å². The summed E-state index contributed by atoms with van der Waals surface area (Å²) in [6, 6.07) is 0.550. The van der Waals surface area contributed by atoms with Gasteiger partial charge in [0, 0.05) is 25.0 Å². The van der Waals surface area contributed by atoms with E-state index in [0.29, 0.717) is 24.9 Å². The first-order chi connectivity index (χ1) is 8.61. The van der Waals surface area contributed by atoms with Gasteiger partial charge in [-0.25, -0.2) is 13.1 Å². The van der Waals surface area contributed by atoms with Crippen LogP contribution in [0.1, 0.15) is 19.3 Å². The van der Waals surface area contributed by atoms with E-state index < -0.39 is 10.0 Å². The van der Waals surface area contributed by atoms with Gasteiger partial charge in [-0.3, -0.25) is 4.90 Å². The average Bonchev–Trinajstić information content (AvgIpc) is 2.81. The Hall–Kier alpha value is 0.120. The molecule has 0 aromatic rings. The monoisotopic (exact) mass is 296 g/mol. The molecule has 0 radical (unpaired) electrons. The largest absolute Gasteiger partial charge is 0.374 e. The molecule has 7 heteroatoms. The molecule has 18 heavy (non-hydrogen) atoms. The van der Waals surface area contributed by atoms with Crippen LogP contribution in [0.3, 0.4) is 0 Å². The number of nitrogens with one attached hydrogen (secondary N) is 1. The molecule has 0 aliphatic carbocycles. The van der Waals surface area contributed by atoms with Crippen molar-refractivity contribution in [1.82, 2.24) is 9.62 Å². The smallest absolute Gasteiger partial charge is 0.211 e. The van der Waals surface area contributed by atoms with Crippen LogP contribution in [0.4, 0.5) is 0 Å². The molecule has 106 valence electrons. The molecular formula is C11H21ClN2O3S. The highest BCUT2D eigenvalue weighted by atomic mass is 35.5. The van der Waals surface area contributed by atoms with Gasteiger partial charge in [0.15, 0.2) is 0 Å². The lowest BCUT2D eigenvalue weighted by Crippen LogP contribution is -2.50. The summed E-state index contributed by atoms with van der Waals surface area (Å²) in [4.78, 5) is 2.40. The Morgan fingerprint density at radius 2 is 2.28 bits per heavy atom. The molecule has 0 amide bonds. The van der Waals surface area contributed by atoms with Gasteiger partial charge in [0.2, 0.25) is 10.0 Å². The minimum absolute atomic E-state index is 0.0230. The van der Waals surface area contributed by atoms with Crippen LogP contribution in [0.25, 0.3) is 0 Å². The molecule has 2 aliphatic rings. The van der Waals surface area contributed by atoms with Gasteiger partial charge in [0.25, 0.3) is 0 Å². The molecule has 0 bridgehead atoms. The lowest BCUT2D eigenvalue weighted by atomic mass is 10.2. The van der Waals surface area contributed by atoms with Crippen molar-refractivity contribution in [3.8, 4) is 0 Å². The van der Waals surface area contributed by atoms with Crippen LogP contribution in [0.2, 0.25) is 0 Å². The summed E-state index contributed by atoms with van der Waals surface area (Å²) in [7, 11) is -3.20. The number of ether oxygens (including phenoxy) is 1. The first-order valence-electron chi connectivity index (χ1n) is 6.49. The van der Waals surface area contributed by atoms with Crippen LogP contribution in [0.5, 0.6) is 0 Å². The lowest BCUT2D eigenvalue weighted by molar-refractivity contribution is -0.0448. The number of morpholine rings is 1. The lowest BCUT2D eigenvalue weighted by Gasteiger charge is -2.35. The number of hydrogen-bond donors (Lipinski definition) is 1. The van der Waals surface area contributed by atoms with Gasteiger partial charge >= 0.3 is 0 Å². The summed E-state index contributed by atoms with van der Waals surface area (Å²) in [6.07, 6.45) is 2.89. The Kier molecular flexibility index (Phi) is 5.26. The molecule has 2 aliphatic heterocycles. The normalized spacial score (nSPS) is 29.4. The highest BCUT2D eigenvalue weighted by Crippen LogP contribution is 2.22. The van der Waals surface area contributed by atoms with Crippen LogP contribution in [-0.2, 0) is 14.8 Å². The molecule has 1 N–H and O–H groups in total. The number of alkyl halides is 1. The van der Waals surface area contributed by atoms with Gasteiger partial charge in [0.05, 0.1) is 18.5 Å². The van der Waals surface area contributed by atoms with E-state index in [4.69, 9.17) is 16.3 Å². The van der Waals surface area contributed by atoms with E-state index in [1.165, 1.54) is 12.8 Å². The second-order valence-corrected chi connectivity index (χ2v) is 7.26. The number of rotatable bonds is 6. The van der Waals surface area contributed by atoms with Crippen molar-refractivity contribution < 1.29 is 13.2 Å². The first kappa shape index (κ1) is 14.5. The van der Waals surface area contributed by atoms with Crippen molar-refractivity contribution in [2.24, 2.45) is 0 Å². The molecule has 2 saturated heterocycles. The SMILES string of the molecule is O=S(=O)(CCCCl)NCC1CN2CCCC2CO1. The molecular weight excluding hydrogens is 276 g/mol. The Morgan fingerprint density at radius 3 is 3.06 bits per heavy atom. The Morgan fingerprint density at radius 1 is 1.44 bits per heavy atom. The first-order valence-corrected chi connectivity index (χ1v) is 8.68. The van der Waals surface area contributed by atoms with Crippen molar-refractivity contribution in [2.45, 2.75) is 31.4 Å². The third-order valence-corrected chi connectivity index (χ3v) is 5.24. The maximum absolute atomic E-state index is 11.6. The minimum Gasteiger partial charge on any atom is -0.374 e. The quantitative estimate of drug-likeness (QED) is 0.721. The number of sulfonamides is 1. The third-order valence-electron chi connectivity index (χ3n) is 3.54. The Bertz CT molecular complexity index is 363. The second kappa shape index (κ2) is 6.52. The summed E-state index contributed by atoms with van der Waals surface area (Å²) in [5.41, 5.74) is 0.